The highest BCUT2D eigenvalue weighted by Gasteiger charge is 2.19. The highest BCUT2D eigenvalue weighted by molar-refractivity contribution is 7.14. The van der Waals surface area contributed by atoms with Crippen LogP contribution in [0.1, 0.15) is 28.9 Å². The van der Waals surface area contributed by atoms with Crippen molar-refractivity contribution in [2.45, 2.75) is 25.4 Å². The Kier molecular flexibility index (Phi) is 5.62. The van der Waals surface area contributed by atoms with Crippen LogP contribution in [0.4, 0.5) is 5.13 Å². The highest BCUT2D eigenvalue weighted by Crippen LogP contribution is 2.23. The number of hydrogen-bond donors (Lipinski definition) is 2. The van der Waals surface area contributed by atoms with Gasteiger partial charge in [0.05, 0.1) is 23.8 Å². The van der Waals surface area contributed by atoms with Crippen LogP contribution in [0.5, 0.6) is 5.75 Å². The van der Waals surface area contributed by atoms with E-state index >= 15 is 0 Å². The molecule has 25 heavy (non-hydrogen) atoms. The summed E-state index contributed by atoms with van der Waals surface area (Å²) in [6, 6.07) is 7.03. The summed E-state index contributed by atoms with van der Waals surface area (Å²) in [6.45, 7) is 1.18. The summed E-state index contributed by atoms with van der Waals surface area (Å²) in [4.78, 5) is 27.6. The largest absolute Gasteiger partial charge is 0.490 e. The SMILES string of the molecule is NC(=O)Cc1csc(NC(=O)c2ccccc2OC[C@@H]2CCCO2)n1. The number of benzene rings is 1. The van der Waals surface area contributed by atoms with E-state index in [9.17, 15) is 9.59 Å². The molecule has 2 heterocycles. The van der Waals surface area contributed by atoms with Gasteiger partial charge in [-0.1, -0.05) is 12.1 Å². The fraction of sp³-hybridized carbons (Fsp3) is 0.353. The van der Waals surface area contributed by atoms with Crippen molar-refractivity contribution in [2.75, 3.05) is 18.5 Å². The first-order valence-electron chi connectivity index (χ1n) is 7.99. The van der Waals surface area contributed by atoms with Crippen LogP contribution in [0.2, 0.25) is 0 Å². The number of para-hydroxylation sites is 1. The van der Waals surface area contributed by atoms with E-state index in [1.54, 1.807) is 23.6 Å². The van der Waals surface area contributed by atoms with Crippen molar-refractivity contribution in [3.8, 4) is 5.75 Å². The molecule has 0 bridgehead atoms. The first-order valence-corrected chi connectivity index (χ1v) is 8.87. The van der Waals surface area contributed by atoms with Gasteiger partial charge in [-0.05, 0) is 25.0 Å². The summed E-state index contributed by atoms with van der Waals surface area (Å²) in [5.74, 6) is -0.275. The summed E-state index contributed by atoms with van der Waals surface area (Å²) in [6.07, 6.45) is 2.13. The third kappa shape index (κ3) is 4.77. The van der Waals surface area contributed by atoms with Gasteiger partial charge in [0.15, 0.2) is 5.13 Å². The topological polar surface area (TPSA) is 104 Å². The molecule has 8 heteroatoms. The maximum atomic E-state index is 12.5. The molecule has 2 amide bonds. The third-order valence-electron chi connectivity index (χ3n) is 3.71. The van der Waals surface area contributed by atoms with E-state index < -0.39 is 5.91 Å². The van der Waals surface area contributed by atoms with E-state index in [2.05, 4.69) is 10.3 Å². The lowest BCUT2D eigenvalue weighted by Gasteiger charge is -2.14. The Bertz CT molecular complexity index is 756. The first kappa shape index (κ1) is 17.4. The van der Waals surface area contributed by atoms with E-state index in [1.165, 1.54) is 11.3 Å². The molecule has 132 valence electrons. The van der Waals surface area contributed by atoms with Gasteiger partial charge in [-0.15, -0.1) is 11.3 Å². The minimum atomic E-state index is -0.462. The lowest BCUT2D eigenvalue weighted by atomic mass is 10.2. The maximum absolute atomic E-state index is 12.5. The van der Waals surface area contributed by atoms with E-state index in [1.807, 2.05) is 6.07 Å². The van der Waals surface area contributed by atoms with Gasteiger partial charge in [-0.2, -0.15) is 0 Å². The quantitative estimate of drug-likeness (QED) is 0.785. The lowest BCUT2D eigenvalue weighted by Crippen LogP contribution is -2.19. The Labute approximate surface area is 149 Å². The molecular weight excluding hydrogens is 342 g/mol. The zero-order chi connectivity index (χ0) is 17.6. The number of amides is 2. The molecule has 2 aromatic rings. The Morgan fingerprint density at radius 2 is 2.24 bits per heavy atom. The second-order valence-electron chi connectivity index (χ2n) is 5.68. The second kappa shape index (κ2) is 8.09. The summed E-state index contributed by atoms with van der Waals surface area (Å²) >= 11 is 1.24. The van der Waals surface area contributed by atoms with Crippen LogP contribution in [0.15, 0.2) is 29.6 Å². The van der Waals surface area contributed by atoms with Gasteiger partial charge < -0.3 is 15.2 Å². The third-order valence-corrected chi connectivity index (χ3v) is 4.51. The number of nitrogens with one attached hydrogen (secondary N) is 1. The van der Waals surface area contributed by atoms with Crippen molar-refractivity contribution in [3.05, 3.63) is 40.9 Å². The smallest absolute Gasteiger partial charge is 0.261 e. The number of hydrogen-bond acceptors (Lipinski definition) is 6. The molecule has 0 saturated carbocycles. The molecule has 0 unspecified atom stereocenters. The predicted molar refractivity (Wildman–Crippen MR) is 93.9 cm³/mol. The molecule has 0 spiro atoms. The molecule has 1 saturated heterocycles. The van der Waals surface area contributed by atoms with Crippen LogP contribution in [-0.4, -0.2) is 36.1 Å². The number of nitrogens with zero attached hydrogens (tertiary/aromatic N) is 1. The first-order chi connectivity index (χ1) is 12.1. The Morgan fingerprint density at radius 3 is 3.00 bits per heavy atom. The Hall–Kier alpha value is -2.45. The van der Waals surface area contributed by atoms with Crippen LogP contribution in [0.3, 0.4) is 0 Å². The predicted octanol–water partition coefficient (Wildman–Crippen LogP) is 1.98. The molecule has 1 aromatic carbocycles. The highest BCUT2D eigenvalue weighted by atomic mass is 32.1. The molecule has 0 radical (unpaired) electrons. The molecule has 1 fully saturated rings. The minimum Gasteiger partial charge on any atom is -0.490 e. The number of ether oxygens (including phenoxy) is 2. The zero-order valence-corrected chi connectivity index (χ0v) is 14.4. The van der Waals surface area contributed by atoms with E-state index in [-0.39, 0.29) is 18.4 Å². The molecule has 1 aromatic heterocycles. The standard InChI is InChI=1S/C17H19N3O4S/c18-15(21)8-11-10-25-17(19-11)20-16(22)13-5-1-2-6-14(13)24-9-12-4-3-7-23-12/h1-2,5-6,10,12H,3-4,7-9H2,(H2,18,21)(H,19,20,22)/t12-/m0/s1. The number of carbonyl (C=O) groups excluding carboxylic acids is 2. The molecular formula is C17H19N3O4S. The number of aromatic nitrogens is 1. The number of nitrogens with two attached hydrogens (primary N) is 1. The molecule has 3 N–H and O–H groups in total. The van der Waals surface area contributed by atoms with Crippen LogP contribution >= 0.6 is 11.3 Å². The second-order valence-corrected chi connectivity index (χ2v) is 6.54. The van der Waals surface area contributed by atoms with Crippen molar-refractivity contribution >= 4 is 28.3 Å². The minimum absolute atomic E-state index is 0.0491. The number of primary amides is 1. The fourth-order valence-corrected chi connectivity index (χ4v) is 3.23. The monoisotopic (exact) mass is 361 g/mol. The molecule has 7 nitrogen and oxygen atoms in total. The van der Waals surface area contributed by atoms with Gasteiger partial charge in [0.25, 0.3) is 5.91 Å². The summed E-state index contributed by atoms with van der Waals surface area (Å²) in [5.41, 5.74) is 6.10. The Morgan fingerprint density at radius 1 is 1.40 bits per heavy atom. The maximum Gasteiger partial charge on any atom is 0.261 e. The van der Waals surface area contributed by atoms with Crippen molar-refractivity contribution < 1.29 is 19.1 Å². The van der Waals surface area contributed by atoms with Gasteiger partial charge in [0.1, 0.15) is 12.4 Å². The molecule has 3 rings (SSSR count). The molecule has 1 atom stereocenters. The van der Waals surface area contributed by atoms with Gasteiger partial charge in [0, 0.05) is 12.0 Å². The average Bonchev–Trinajstić information content (AvgIpc) is 3.24. The van der Waals surface area contributed by atoms with E-state index in [4.69, 9.17) is 15.2 Å². The lowest BCUT2D eigenvalue weighted by molar-refractivity contribution is -0.117. The summed E-state index contributed by atoms with van der Waals surface area (Å²) < 4.78 is 11.3. The summed E-state index contributed by atoms with van der Waals surface area (Å²) in [7, 11) is 0. The molecule has 1 aliphatic rings. The van der Waals surface area contributed by atoms with Gasteiger partial charge in [-0.25, -0.2) is 4.98 Å². The number of thiazole rings is 1. The van der Waals surface area contributed by atoms with Crippen LogP contribution in [-0.2, 0) is 16.0 Å². The Balaban J connectivity index is 1.64. The molecule has 0 aliphatic carbocycles. The fourth-order valence-electron chi connectivity index (χ4n) is 2.53. The van der Waals surface area contributed by atoms with Gasteiger partial charge in [0.2, 0.25) is 5.91 Å². The van der Waals surface area contributed by atoms with E-state index in [0.717, 1.165) is 19.4 Å². The summed E-state index contributed by atoms with van der Waals surface area (Å²) in [5, 5.41) is 4.83. The van der Waals surface area contributed by atoms with Crippen LogP contribution in [0.25, 0.3) is 0 Å². The van der Waals surface area contributed by atoms with Crippen LogP contribution in [0, 0.1) is 0 Å². The number of rotatable bonds is 7. The van der Waals surface area contributed by atoms with Crippen molar-refractivity contribution in [2.24, 2.45) is 5.73 Å². The van der Waals surface area contributed by atoms with E-state index in [0.29, 0.717) is 28.7 Å². The molecule has 1 aliphatic heterocycles. The van der Waals surface area contributed by atoms with Gasteiger partial charge in [-0.3, -0.25) is 14.9 Å². The zero-order valence-electron chi connectivity index (χ0n) is 13.6. The number of carbonyl (C=O) groups is 2. The normalized spacial score (nSPS) is 16.6. The van der Waals surface area contributed by atoms with Crippen LogP contribution < -0.4 is 15.8 Å². The van der Waals surface area contributed by atoms with Crippen molar-refractivity contribution in [1.29, 1.82) is 0 Å². The number of anilines is 1. The average molecular weight is 361 g/mol. The van der Waals surface area contributed by atoms with Crippen molar-refractivity contribution in [3.63, 3.8) is 0 Å². The van der Waals surface area contributed by atoms with Crippen molar-refractivity contribution in [1.82, 2.24) is 4.98 Å². The van der Waals surface area contributed by atoms with Gasteiger partial charge >= 0.3 is 0 Å².